The first-order valence-corrected chi connectivity index (χ1v) is 15.7. The molecule has 1 saturated heterocycles. The topological polar surface area (TPSA) is 112 Å². The van der Waals surface area contributed by atoms with E-state index in [0.717, 1.165) is 65.3 Å². The Hall–Kier alpha value is -4.49. The molecule has 7 rings (SSSR count). The maximum atomic E-state index is 13.4. The molecule has 2 aliphatic heterocycles. The predicted molar refractivity (Wildman–Crippen MR) is 175 cm³/mol. The van der Waals surface area contributed by atoms with Gasteiger partial charge in [0.1, 0.15) is 11.6 Å². The van der Waals surface area contributed by atoms with Gasteiger partial charge in [0.15, 0.2) is 11.4 Å². The monoisotopic (exact) mass is 619 g/mol. The van der Waals surface area contributed by atoms with Crippen LogP contribution in [-0.4, -0.2) is 44.5 Å². The van der Waals surface area contributed by atoms with Crippen molar-refractivity contribution in [3.63, 3.8) is 0 Å². The third kappa shape index (κ3) is 5.39. The van der Waals surface area contributed by atoms with Crippen LogP contribution in [0.4, 0.5) is 5.69 Å². The number of hydrogen-bond acceptors (Lipinski definition) is 7. The Morgan fingerprint density at radius 1 is 1.13 bits per heavy atom. The summed E-state index contributed by atoms with van der Waals surface area (Å²) in [7, 11) is 1.88. The number of fused-ring (bicyclic) bond motifs is 2. The van der Waals surface area contributed by atoms with Crippen LogP contribution in [0, 0.1) is 18.3 Å². The minimum Gasteiger partial charge on any atom is -0.435 e. The number of aromatic nitrogens is 3. The lowest BCUT2D eigenvalue weighted by atomic mass is 9.96. The molecule has 0 saturated carbocycles. The largest absolute Gasteiger partial charge is 0.435 e. The number of halogens is 1. The van der Waals surface area contributed by atoms with E-state index in [-0.39, 0.29) is 5.91 Å². The minimum atomic E-state index is -0.312. The molecule has 1 amide bonds. The first kappa shape index (κ1) is 29.2. The zero-order valence-electron chi connectivity index (χ0n) is 25.6. The summed E-state index contributed by atoms with van der Waals surface area (Å²) in [5.41, 5.74) is 8.57. The number of likely N-dealkylation sites (tertiary alicyclic amines) is 1. The average molecular weight is 620 g/mol. The second-order valence-electron chi connectivity index (χ2n) is 12.1. The third-order valence-electron chi connectivity index (χ3n) is 8.99. The highest BCUT2D eigenvalue weighted by Crippen LogP contribution is 2.39. The molecule has 2 N–H and O–H groups in total. The molecule has 5 aromatic rings. The van der Waals surface area contributed by atoms with Gasteiger partial charge in [-0.15, -0.1) is 0 Å². The molecule has 9 nitrogen and oxygen atoms in total. The quantitative estimate of drug-likeness (QED) is 0.220. The van der Waals surface area contributed by atoms with Crippen molar-refractivity contribution in [1.82, 2.24) is 24.8 Å². The summed E-state index contributed by atoms with van der Waals surface area (Å²) in [5.74, 6) is 0.488. The number of benzene rings is 3. The highest BCUT2D eigenvalue weighted by Gasteiger charge is 2.25. The normalized spacial score (nSPS) is 16.6. The number of imidazole rings is 1. The van der Waals surface area contributed by atoms with Crippen molar-refractivity contribution in [3.05, 3.63) is 87.5 Å². The molecule has 2 aromatic heterocycles. The van der Waals surface area contributed by atoms with Gasteiger partial charge in [-0.25, -0.2) is 9.97 Å². The second kappa shape index (κ2) is 11.8. The number of hydrogen-bond donors (Lipinski definition) is 2. The fourth-order valence-electron chi connectivity index (χ4n) is 6.57. The fourth-order valence-corrected chi connectivity index (χ4v) is 6.85. The molecule has 3 aromatic carbocycles. The van der Waals surface area contributed by atoms with E-state index in [1.54, 1.807) is 6.07 Å². The number of oxazole rings is 1. The molecular weight excluding hydrogens is 586 g/mol. The first-order valence-electron chi connectivity index (χ1n) is 15.3. The van der Waals surface area contributed by atoms with Gasteiger partial charge in [-0.3, -0.25) is 9.69 Å². The molecule has 1 unspecified atom stereocenters. The van der Waals surface area contributed by atoms with Gasteiger partial charge < -0.3 is 19.6 Å². The van der Waals surface area contributed by atoms with Crippen LogP contribution in [-0.2, 0) is 26.6 Å². The Morgan fingerprint density at radius 2 is 1.89 bits per heavy atom. The Balaban J connectivity index is 1.20. The lowest BCUT2D eigenvalue weighted by Crippen LogP contribution is -2.33. The first-order chi connectivity index (χ1) is 21.8. The summed E-state index contributed by atoms with van der Waals surface area (Å²) >= 11 is 6.97. The Labute approximate surface area is 266 Å². The average Bonchev–Trinajstić information content (AvgIpc) is 3.78. The summed E-state index contributed by atoms with van der Waals surface area (Å²) in [5, 5.41) is 16.7. The number of rotatable bonds is 6. The van der Waals surface area contributed by atoms with E-state index in [2.05, 4.69) is 33.5 Å². The van der Waals surface area contributed by atoms with Crippen LogP contribution in [0.5, 0.6) is 0 Å². The molecule has 45 heavy (non-hydrogen) atoms. The molecule has 0 aliphatic carbocycles. The Bertz CT molecular complexity index is 2000. The lowest BCUT2D eigenvalue weighted by Gasteiger charge is -2.20. The van der Waals surface area contributed by atoms with Crippen LogP contribution in [0.1, 0.15) is 58.5 Å². The number of nitrogens with one attached hydrogen (secondary N) is 2. The highest BCUT2D eigenvalue weighted by molar-refractivity contribution is 6.36. The van der Waals surface area contributed by atoms with Crippen molar-refractivity contribution in [2.24, 2.45) is 7.05 Å². The van der Waals surface area contributed by atoms with Crippen LogP contribution in [0.3, 0.4) is 0 Å². The zero-order chi connectivity index (χ0) is 31.2. The molecule has 0 radical (unpaired) electrons. The van der Waals surface area contributed by atoms with Crippen LogP contribution >= 0.6 is 11.6 Å². The van der Waals surface area contributed by atoms with E-state index >= 15 is 0 Å². The number of amides is 1. The fraction of sp³-hybridized carbons (Fsp3) is 0.314. The van der Waals surface area contributed by atoms with Crippen molar-refractivity contribution in [1.29, 1.82) is 5.26 Å². The van der Waals surface area contributed by atoms with Crippen molar-refractivity contribution >= 4 is 34.3 Å². The number of anilines is 1. The van der Waals surface area contributed by atoms with Crippen molar-refractivity contribution in [2.75, 3.05) is 18.4 Å². The van der Waals surface area contributed by atoms with Gasteiger partial charge in [-0.2, -0.15) is 5.26 Å². The molecule has 1 atom stereocenters. The molecule has 4 heterocycles. The SMILES string of the molecule is Cc1c(-c2nc3cc(CN4CCCC4)cc(C#N)c3o2)cccc1-c1cccc(NC(=O)c2nc3c(n2C)CC(C)NC3)c1Cl. The van der Waals surface area contributed by atoms with Crippen molar-refractivity contribution in [3.8, 4) is 28.7 Å². The summed E-state index contributed by atoms with van der Waals surface area (Å²) in [6, 6.07) is 18.0. The van der Waals surface area contributed by atoms with E-state index in [0.29, 0.717) is 51.7 Å². The second-order valence-corrected chi connectivity index (χ2v) is 12.5. The maximum Gasteiger partial charge on any atom is 0.291 e. The Kier molecular flexibility index (Phi) is 7.66. The van der Waals surface area contributed by atoms with Crippen LogP contribution in [0.25, 0.3) is 33.7 Å². The smallest absolute Gasteiger partial charge is 0.291 e. The molecule has 1 fully saturated rings. The summed E-state index contributed by atoms with van der Waals surface area (Å²) in [6.45, 7) is 7.71. The van der Waals surface area contributed by atoms with Crippen molar-refractivity contribution < 1.29 is 9.21 Å². The van der Waals surface area contributed by atoms with Gasteiger partial charge in [0.2, 0.25) is 5.89 Å². The number of nitriles is 1. The lowest BCUT2D eigenvalue weighted by molar-refractivity contribution is 0.101. The van der Waals surface area contributed by atoms with E-state index in [1.165, 1.54) is 12.8 Å². The van der Waals surface area contributed by atoms with E-state index in [9.17, 15) is 10.1 Å². The molecule has 0 bridgehead atoms. The van der Waals surface area contributed by atoms with E-state index in [4.69, 9.17) is 21.0 Å². The van der Waals surface area contributed by atoms with Gasteiger partial charge in [0, 0.05) is 49.4 Å². The number of carbonyl (C=O) groups is 1. The van der Waals surface area contributed by atoms with Gasteiger partial charge in [0.05, 0.1) is 22.0 Å². The molecular formula is C35H34ClN7O2. The van der Waals surface area contributed by atoms with Crippen LogP contribution in [0.15, 0.2) is 52.9 Å². The minimum absolute atomic E-state index is 0.312. The molecule has 0 spiro atoms. The molecule has 2 aliphatic rings. The van der Waals surface area contributed by atoms with Crippen LogP contribution < -0.4 is 10.6 Å². The number of carbonyl (C=O) groups excluding carboxylic acids is 1. The predicted octanol–water partition coefficient (Wildman–Crippen LogP) is 6.61. The van der Waals surface area contributed by atoms with Crippen molar-refractivity contribution in [2.45, 2.75) is 52.2 Å². The van der Waals surface area contributed by atoms with Crippen LogP contribution in [0.2, 0.25) is 5.02 Å². The van der Waals surface area contributed by atoms with E-state index < -0.39 is 0 Å². The standard InChI is InChI=1S/C35H34ClN7O2/c1-20-14-30-29(18-38-20)39-33(42(30)3)34(44)40-27-11-7-10-26(31(27)36)24-8-6-9-25(21(24)2)35-41-28-16-22(19-43-12-4-5-13-43)15-23(17-37)32(28)45-35/h6-11,15-16,20,38H,4-5,12-14,18-19H2,1-3H3,(H,40,44). The van der Waals surface area contributed by atoms with Gasteiger partial charge in [-0.1, -0.05) is 35.9 Å². The van der Waals surface area contributed by atoms with E-state index in [1.807, 2.05) is 61.0 Å². The summed E-state index contributed by atoms with van der Waals surface area (Å²) in [6.07, 6.45) is 3.23. The summed E-state index contributed by atoms with van der Waals surface area (Å²) in [4.78, 5) is 25.2. The van der Waals surface area contributed by atoms with Gasteiger partial charge >= 0.3 is 0 Å². The number of nitrogens with zero attached hydrogens (tertiary/aromatic N) is 5. The summed E-state index contributed by atoms with van der Waals surface area (Å²) < 4.78 is 8.11. The zero-order valence-corrected chi connectivity index (χ0v) is 26.3. The Morgan fingerprint density at radius 3 is 2.69 bits per heavy atom. The molecule has 10 heteroatoms. The molecule has 228 valence electrons. The van der Waals surface area contributed by atoms with Gasteiger partial charge in [0.25, 0.3) is 5.91 Å². The van der Waals surface area contributed by atoms with Gasteiger partial charge in [-0.05, 0) is 80.7 Å². The highest BCUT2D eigenvalue weighted by atomic mass is 35.5. The third-order valence-corrected chi connectivity index (χ3v) is 9.40. The maximum absolute atomic E-state index is 13.4.